The van der Waals surface area contributed by atoms with Crippen LogP contribution in [0.25, 0.3) is 0 Å². The van der Waals surface area contributed by atoms with E-state index in [9.17, 15) is 4.79 Å². The summed E-state index contributed by atoms with van der Waals surface area (Å²) in [6, 6.07) is 1.91. The second-order valence-corrected chi connectivity index (χ2v) is 2.00. The van der Waals surface area contributed by atoms with Gasteiger partial charge in [0.1, 0.15) is 6.33 Å². The van der Waals surface area contributed by atoms with Crippen molar-refractivity contribution in [2.45, 2.75) is 6.42 Å². The van der Waals surface area contributed by atoms with Gasteiger partial charge in [-0.15, -0.1) is 0 Å². The van der Waals surface area contributed by atoms with Crippen LogP contribution in [0.4, 0.5) is 0 Å². The first kappa shape index (κ1) is 8.20. The Morgan fingerprint density at radius 1 is 1.83 bits per heavy atom. The van der Waals surface area contributed by atoms with Crippen LogP contribution in [0.5, 0.6) is 0 Å². The SMILES string of the molecule is N#CCCNC(=O)c1ncn[nH]1. The standard InChI is InChI=1S/C6H7N5O/c7-2-1-3-8-6(12)5-9-4-10-11-5/h4H,1,3H2,(H,8,12)(H,9,10,11). The minimum absolute atomic E-state index is 0.160. The van der Waals surface area contributed by atoms with Gasteiger partial charge in [0.05, 0.1) is 12.5 Å². The van der Waals surface area contributed by atoms with Crippen LogP contribution >= 0.6 is 0 Å². The van der Waals surface area contributed by atoms with Gasteiger partial charge in [0.25, 0.3) is 5.91 Å². The van der Waals surface area contributed by atoms with Gasteiger partial charge < -0.3 is 5.32 Å². The maximum atomic E-state index is 11.0. The lowest BCUT2D eigenvalue weighted by atomic mass is 10.4. The molecule has 0 saturated carbocycles. The first-order chi connectivity index (χ1) is 5.84. The molecule has 0 fully saturated rings. The van der Waals surface area contributed by atoms with Crippen molar-refractivity contribution < 1.29 is 4.79 Å². The smallest absolute Gasteiger partial charge is 0.288 e. The zero-order valence-electron chi connectivity index (χ0n) is 6.24. The Balaban J connectivity index is 2.36. The zero-order chi connectivity index (χ0) is 8.81. The summed E-state index contributed by atoms with van der Waals surface area (Å²) in [6.45, 7) is 0.329. The Hall–Kier alpha value is -1.90. The van der Waals surface area contributed by atoms with Gasteiger partial charge in [-0.2, -0.15) is 10.4 Å². The highest BCUT2D eigenvalue weighted by atomic mass is 16.2. The lowest BCUT2D eigenvalue weighted by Gasteiger charge is -1.96. The summed E-state index contributed by atoms with van der Waals surface area (Å²) in [7, 11) is 0. The third-order valence-corrected chi connectivity index (χ3v) is 1.15. The second-order valence-electron chi connectivity index (χ2n) is 2.00. The number of aromatic amines is 1. The highest BCUT2D eigenvalue weighted by Crippen LogP contribution is 1.84. The van der Waals surface area contributed by atoms with Gasteiger partial charge in [-0.25, -0.2) is 4.98 Å². The molecule has 6 nitrogen and oxygen atoms in total. The Labute approximate surface area is 68.6 Å². The molecule has 1 aromatic heterocycles. The molecule has 62 valence electrons. The van der Waals surface area contributed by atoms with E-state index in [2.05, 4.69) is 20.5 Å². The van der Waals surface area contributed by atoms with Crippen molar-refractivity contribution >= 4 is 5.91 Å². The summed E-state index contributed by atoms with van der Waals surface area (Å²) >= 11 is 0. The highest BCUT2D eigenvalue weighted by molar-refractivity contribution is 5.90. The number of aromatic nitrogens is 3. The molecule has 1 aromatic rings. The third-order valence-electron chi connectivity index (χ3n) is 1.15. The van der Waals surface area contributed by atoms with Crippen LogP contribution in [0.2, 0.25) is 0 Å². The number of carbonyl (C=O) groups excluding carboxylic acids is 1. The molecule has 0 bridgehead atoms. The minimum Gasteiger partial charge on any atom is -0.348 e. The van der Waals surface area contributed by atoms with Crippen LogP contribution < -0.4 is 5.32 Å². The van der Waals surface area contributed by atoms with E-state index < -0.39 is 0 Å². The van der Waals surface area contributed by atoms with Gasteiger partial charge in [-0.3, -0.25) is 9.89 Å². The number of hydrogen-bond donors (Lipinski definition) is 2. The summed E-state index contributed by atoms with van der Waals surface area (Å²) in [5.74, 6) is -0.185. The van der Waals surface area contributed by atoms with Gasteiger partial charge in [0.15, 0.2) is 0 Å². The zero-order valence-corrected chi connectivity index (χ0v) is 6.24. The highest BCUT2D eigenvalue weighted by Gasteiger charge is 2.05. The fourth-order valence-electron chi connectivity index (χ4n) is 0.631. The van der Waals surface area contributed by atoms with Gasteiger partial charge in [-0.05, 0) is 0 Å². The fourth-order valence-corrected chi connectivity index (χ4v) is 0.631. The molecule has 1 rings (SSSR count). The number of nitriles is 1. The monoisotopic (exact) mass is 165 g/mol. The van der Waals surface area contributed by atoms with Crippen molar-refractivity contribution in [1.82, 2.24) is 20.5 Å². The van der Waals surface area contributed by atoms with E-state index in [1.807, 2.05) is 6.07 Å². The second kappa shape index (κ2) is 4.08. The van der Waals surface area contributed by atoms with E-state index in [0.29, 0.717) is 13.0 Å². The summed E-state index contributed by atoms with van der Waals surface area (Å²) in [4.78, 5) is 14.7. The van der Waals surface area contributed by atoms with Crippen molar-refractivity contribution in [1.29, 1.82) is 5.26 Å². The van der Waals surface area contributed by atoms with Gasteiger partial charge in [0.2, 0.25) is 5.82 Å². The van der Waals surface area contributed by atoms with Gasteiger partial charge >= 0.3 is 0 Å². The van der Waals surface area contributed by atoms with E-state index in [4.69, 9.17) is 5.26 Å². The predicted octanol–water partition coefficient (Wildman–Crippen LogP) is -0.552. The topological polar surface area (TPSA) is 94.5 Å². The third kappa shape index (κ3) is 2.05. The maximum Gasteiger partial charge on any atom is 0.288 e. The molecule has 0 atom stereocenters. The van der Waals surface area contributed by atoms with Crippen LogP contribution in [-0.4, -0.2) is 27.6 Å². The fraction of sp³-hybridized carbons (Fsp3) is 0.333. The van der Waals surface area contributed by atoms with Crippen LogP contribution in [0.1, 0.15) is 17.0 Å². The molecule has 0 radical (unpaired) electrons. The molecular formula is C6H7N5O. The van der Waals surface area contributed by atoms with Crippen molar-refractivity contribution in [2.75, 3.05) is 6.54 Å². The summed E-state index contributed by atoms with van der Waals surface area (Å²) in [5, 5.41) is 16.6. The van der Waals surface area contributed by atoms with E-state index >= 15 is 0 Å². The van der Waals surface area contributed by atoms with E-state index in [1.54, 1.807) is 0 Å². The first-order valence-electron chi connectivity index (χ1n) is 3.35. The average molecular weight is 165 g/mol. The van der Waals surface area contributed by atoms with Crippen molar-refractivity contribution in [3.8, 4) is 6.07 Å². The van der Waals surface area contributed by atoms with E-state index in [-0.39, 0.29) is 11.7 Å². The van der Waals surface area contributed by atoms with Crippen LogP contribution in [0.15, 0.2) is 6.33 Å². The first-order valence-corrected chi connectivity index (χ1v) is 3.35. The molecule has 0 spiro atoms. The Morgan fingerprint density at radius 3 is 3.25 bits per heavy atom. The minimum atomic E-state index is -0.345. The molecule has 12 heavy (non-hydrogen) atoms. The number of carbonyl (C=O) groups is 1. The lowest BCUT2D eigenvalue weighted by molar-refractivity contribution is 0.0944. The van der Waals surface area contributed by atoms with Crippen molar-refractivity contribution in [3.05, 3.63) is 12.2 Å². The molecule has 0 aliphatic rings. The normalized spacial score (nSPS) is 8.92. The lowest BCUT2D eigenvalue weighted by Crippen LogP contribution is -2.25. The molecule has 0 saturated heterocycles. The Bertz CT molecular complexity index is 285. The van der Waals surface area contributed by atoms with Crippen LogP contribution in [-0.2, 0) is 0 Å². The van der Waals surface area contributed by atoms with Gasteiger partial charge in [0, 0.05) is 6.54 Å². The summed E-state index contributed by atoms with van der Waals surface area (Å²) in [6.07, 6.45) is 1.54. The van der Waals surface area contributed by atoms with Crippen LogP contribution in [0, 0.1) is 11.3 Å². The van der Waals surface area contributed by atoms with Crippen molar-refractivity contribution in [2.24, 2.45) is 0 Å². The number of amides is 1. The molecular weight excluding hydrogens is 158 g/mol. The molecule has 1 heterocycles. The maximum absolute atomic E-state index is 11.0. The Kier molecular flexibility index (Phi) is 2.79. The van der Waals surface area contributed by atoms with E-state index in [0.717, 1.165) is 0 Å². The molecule has 0 aliphatic heterocycles. The number of H-pyrrole nitrogens is 1. The Morgan fingerprint density at radius 2 is 2.67 bits per heavy atom. The van der Waals surface area contributed by atoms with Gasteiger partial charge in [-0.1, -0.05) is 0 Å². The molecule has 6 heteroatoms. The summed E-state index contributed by atoms with van der Waals surface area (Å²) in [5.41, 5.74) is 0. The van der Waals surface area contributed by atoms with Crippen molar-refractivity contribution in [3.63, 3.8) is 0 Å². The average Bonchev–Trinajstić information content (AvgIpc) is 2.56. The summed E-state index contributed by atoms with van der Waals surface area (Å²) < 4.78 is 0. The number of nitrogens with one attached hydrogen (secondary N) is 2. The molecule has 0 aromatic carbocycles. The molecule has 0 aliphatic carbocycles. The predicted molar refractivity (Wildman–Crippen MR) is 38.9 cm³/mol. The van der Waals surface area contributed by atoms with E-state index in [1.165, 1.54) is 6.33 Å². The number of rotatable bonds is 3. The quantitative estimate of drug-likeness (QED) is 0.587. The number of nitrogens with zero attached hydrogens (tertiary/aromatic N) is 3. The molecule has 0 unspecified atom stereocenters. The molecule has 2 N–H and O–H groups in total. The largest absolute Gasteiger partial charge is 0.348 e. The number of hydrogen-bond acceptors (Lipinski definition) is 4. The molecule has 1 amide bonds. The van der Waals surface area contributed by atoms with Crippen LogP contribution in [0.3, 0.4) is 0 Å².